The third-order valence-electron chi connectivity index (χ3n) is 8.29. The Labute approximate surface area is 293 Å². The van der Waals surface area contributed by atoms with Crippen LogP contribution in [0.5, 0.6) is 0 Å². The normalized spacial score (nSPS) is 12.3. The lowest BCUT2D eigenvalue weighted by Gasteiger charge is -2.08. The number of thiophene rings is 4. The van der Waals surface area contributed by atoms with E-state index in [1.165, 1.54) is 73.6 Å². The van der Waals surface area contributed by atoms with Crippen LogP contribution in [0.4, 0.5) is 0 Å². The van der Waals surface area contributed by atoms with Gasteiger partial charge in [-0.1, -0.05) is 27.7 Å². The highest BCUT2D eigenvalue weighted by molar-refractivity contribution is 7.27. The lowest BCUT2D eigenvalue weighted by Crippen LogP contribution is -1.93. The molecule has 6 aromatic heterocycles. The van der Waals surface area contributed by atoms with Gasteiger partial charge < -0.3 is 0 Å². The van der Waals surface area contributed by atoms with Crippen molar-refractivity contribution in [3.05, 3.63) is 69.4 Å². The number of hydrogen-bond donors (Lipinski definition) is 0. The molecular weight excluding hydrogens is 681 g/mol. The maximum atomic E-state index is 4.84. The maximum Gasteiger partial charge on any atom is 0.114 e. The Morgan fingerprint density at radius 3 is 1.65 bits per heavy atom. The zero-order valence-corrected chi connectivity index (χ0v) is 31.3. The van der Waals surface area contributed by atoms with Gasteiger partial charge in [-0.3, -0.25) is 0 Å². The van der Waals surface area contributed by atoms with Crippen LogP contribution in [0, 0.1) is 25.7 Å². The molecule has 0 N–H and O–H groups in total. The van der Waals surface area contributed by atoms with Gasteiger partial charge in [0.05, 0.1) is 23.5 Å². The van der Waals surface area contributed by atoms with Crippen molar-refractivity contribution in [2.24, 2.45) is 11.8 Å². The van der Waals surface area contributed by atoms with Crippen LogP contribution in [0.25, 0.3) is 73.2 Å². The van der Waals surface area contributed by atoms with Crippen molar-refractivity contribution in [2.45, 2.75) is 54.4 Å². The molecule has 4 nitrogen and oxygen atoms in total. The highest BCUT2D eigenvalue weighted by Crippen LogP contribution is 2.48. The van der Waals surface area contributed by atoms with Gasteiger partial charge in [0.2, 0.25) is 0 Å². The molecule has 6 heterocycles. The number of aryl methyl sites for hydroxylation is 2. The van der Waals surface area contributed by atoms with Crippen molar-refractivity contribution < 1.29 is 0 Å². The van der Waals surface area contributed by atoms with Crippen LogP contribution in [0.2, 0.25) is 0 Å². The predicted octanol–water partition coefficient (Wildman–Crippen LogP) is 12.8. The van der Waals surface area contributed by atoms with E-state index in [0.717, 1.165) is 56.8 Å². The van der Waals surface area contributed by atoms with Crippen LogP contribution in [-0.2, 0) is 12.8 Å². The molecule has 0 bridgehead atoms. The van der Waals surface area contributed by atoms with E-state index in [1.54, 1.807) is 11.3 Å². The zero-order chi connectivity index (χ0) is 31.7. The summed E-state index contributed by atoms with van der Waals surface area (Å²) in [5.41, 5.74) is 9.00. The Morgan fingerprint density at radius 2 is 1.04 bits per heavy atom. The van der Waals surface area contributed by atoms with Gasteiger partial charge in [0, 0.05) is 60.9 Å². The highest BCUT2D eigenvalue weighted by atomic mass is 32.1. The third-order valence-corrected chi connectivity index (χ3v) is 14.2. The van der Waals surface area contributed by atoms with Crippen molar-refractivity contribution in [1.29, 1.82) is 0 Å². The predicted molar refractivity (Wildman–Crippen MR) is 206 cm³/mol. The SMILES string of the molecule is Cc1ccc(-c2cc3c(cc(-c4ccc(-c5sc(-c6cc(CC(C)C)c(C)s6)cc5CC(C)C)s4)c4nsnc43)c3nsnc23)s1. The Morgan fingerprint density at radius 1 is 0.522 bits per heavy atom. The molecule has 0 atom stereocenters. The van der Waals surface area contributed by atoms with E-state index < -0.39 is 0 Å². The highest BCUT2D eigenvalue weighted by Gasteiger charge is 2.22. The van der Waals surface area contributed by atoms with Gasteiger partial charge in [-0.25, -0.2) is 0 Å². The van der Waals surface area contributed by atoms with Crippen LogP contribution >= 0.6 is 68.8 Å². The standard InChI is InChI=1S/C36H32N4S6/c1-17(2)11-21-13-30(42-20(21)6)31-14-22(12-18(3)4)36(44-31)29-10-9-28(43-29)26-16-24-23(33-35(26)40-46-38-33)15-25(27-8-7-19(5)41-27)34-32(24)37-45-39-34/h7-10,13-18H,11-12H2,1-6H3. The summed E-state index contributed by atoms with van der Waals surface area (Å²) in [7, 11) is 0. The molecule has 0 unspecified atom stereocenters. The van der Waals surface area contributed by atoms with Crippen LogP contribution in [-0.4, -0.2) is 17.5 Å². The zero-order valence-electron chi connectivity index (χ0n) is 26.4. The minimum absolute atomic E-state index is 0.584. The first-order valence-corrected chi connectivity index (χ1v) is 20.2. The minimum atomic E-state index is 0.584. The number of rotatable bonds is 8. The van der Waals surface area contributed by atoms with Gasteiger partial charge in [0.1, 0.15) is 22.1 Å². The van der Waals surface area contributed by atoms with Gasteiger partial charge in [0.25, 0.3) is 0 Å². The van der Waals surface area contributed by atoms with Gasteiger partial charge in [0.15, 0.2) is 0 Å². The van der Waals surface area contributed by atoms with Crippen LogP contribution in [0.1, 0.15) is 48.6 Å². The summed E-state index contributed by atoms with van der Waals surface area (Å²) in [5, 5.41) is 2.19. The molecule has 0 aliphatic heterocycles. The van der Waals surface area contributed by atoms with Crippen LogP contribution < -0.4 is 0 Å². The average Bonchev–Trinajstić information content (AvgIpc) is 3.85. The van der Waals surface area contributed by atoms with Crippen molar-refractivity contribution in [2.75, 3.05) is 0 Å². The largest absolute Gasteiger partial charge is 0.172 e. The van der Waals surface area contributed by atoms with E-state index in [2.05, 4.69) is 90.1 Å². The van der Waals surface area contributed by atoms with Crippen LogP contribution in [0.15, 0.2) is 48.5 Å². The lowest BCUT2D eigenvalue weighted by atomic mass is 9.98. The molecule has 0 radical (unpaired) electrons. The van der Waals surface area contributed by atoms with Gasteiger partial charge >= 0.3 is 0 Å². The summed E-state index contributed by atoms with van der Waals surface area (Å²) in [6, 6.07) is 18.4. The van der Waals surface area contributed by atoms with E-state index in [1.807, 2.05) is 34.0 Å². The number of benzene rings is 2. The second-order valence-corrected chi connectivity index (χ2v) is 18.5. The molecule has 0 aliphatic rings. The second kappa shape index (κ2) is 12.0. The summed E-state index contributed by atoms with van der Waals surface area (Å²) >= 11 is 10.1. The van der Waals surface area contributed by atoms with E-state index in [4.69, 9.17) is 17.5 Å². The lowest BCUT2D eigenvalue weighted by molar-refractivity contribution is 0.647. The summed E-state index contributed by atoms with van der Waals surface area (Å²) in [4.78, 5) is 10.6. The topological polar surface area (TPSA) is 51.6 Å². The number of nitrogens with zero attached hydrogens (tertiary/aromatic N) is 4. The minimum Gasteiger partial charge on any atom is -0.172 e. The molecule has 10 heteroatoms. The Kier molecular flexibility index (Phi) is 7.94. The van der Waals surface area contributed by atoms with Crippen molar-refractivity contribution in [3.63, 3.8) is 0 Å². The van der Waals surface area contributed by atoms with Crippen molar-refractivity contribution >= 4 is 102 Å². The molecule has 2 aromatic carbocycles. The molecule has 46 heavy (non-hydrogen) atoms. The molecular formula is C36H32N4S6. The maximum absolute atomic E-state index is 4.84. The molecule has 0 saturated heterocycles. The molecule has 0 aliphatic carbocycles. The van der Waals surface area contributed by atoms with Gasteiger partial charge in [-0.2, -0.15) is 17.5 Å². The molecule has 0 saturated carbocycles. The van der Waals surface area contributed by atoms with E-state index in [0.29, 0.717) is 11.8 Å². The number of aromatic nitrogens is 4. The first-order valence-electron chi connectivity index (χ1n) is 15.5. The molecule has 8 aromatic rings. The van der Waals surface area contributed by atoms with Crippen LogP contribution in [0.3, 0.4) is 0 Å². The first-order chi connectivity index (χ1) is 22.2. The average molecular weight is 713 g/mol. The molecule has 0 spiro atoms. The fraction of sp³-hybridized carbons (Fsp3) is 0.278. The Bertz CT molecular complexity index is 2370. The summed E-state index contributed by atoms with van der Waals surface area (Å²) in [6.45, 7) is 13.7. The van der Waals surface area contributed by atoms with E-state index >= 15 is 0 Å². The summed E-state index contributed by atoms with van der Waals surface area (Å²) in [6.07, 6.45) is 2.21. The van der Waals surface area contributed by atoms with E-state index in [-0.39, 0.29) is 0 Å². The van der Waals surface area contributed by atoms with E-state index in [9.17, 15) is 0 Å². The quantitative estimate of drug-likeness (QED) is 0.157. The van der Waals surface area contributed by atoms with Gasteiger partial charge in [-0.15, -0.1) is 45.3 Å². The summed E-state index contributed by atoms with van der Waals surface area (Å²) in [5.74, 6) is 1.24. The Balaban J connectivity index is 1.25. The third kappa shape index (κ3) is 5.37. The monoisotopic (exact) mass is 712 g/mol. The summed E-state index contributed by atoms with van der Waals surface area (Å²) < 4.78 is 19.2. The number of fused-ring (bicyclic) bond motifs is 5. The second-order valence-electron chi connectivity index (χ2n) is 12.8. The van der Waals surface area contributed by atoms with Crippen molar-refractivity contribution in [1.82, 2.24) is 17.5 Å². The van der Waals surface area contributed by atoms with Crippen molar-refractivity contribution in [3.8, 4) is 40.4 Å². The Hall–Kier alpha value is -2.86. The number of hydrogen-bond acceptors (Lipinski definition) is 10. The molecule has 8 rings (SSSR count). The molecule has 232 valence electrons. The van der Waals surface area contributed by atoms with Gasteiger partial charge in [-0.05, 0) is 98.2 Å². The fourth-order valence-corrected chi connectivity index (χ4v) is 11.8. The fourth-order valence-electron chi connectivity index (χ4n) is 6.25. The molecule has 0 fully saturated rings. The smallest absolute Gasteiger partial charge is 0.114 e. The molecule has 0 amide bonds. The first kappa shape index (κ1) is 30.5.